The molecule has 146 valence electrons. The average Bonchev–Trinajstić information content (AvgIpc) is 3.31. The van der Waals surface area contributed by atoms with Crippen LogP contribution in [-0.2, 0) is 6.18 Å². The van der Waals surface area contributed by atoms with Gasteiger partial charge in [0.15, 0.2) is 0 Å². The Bertz CT molecular complexity index is 1590. The fraction of sp³-hybridized carbons (Fsp3) is 0.0400. The minimum Gasteiger partial charge on any atom is -0.455 e. The van der Waals surface area contributed by atoms with Crippen molar-refractivity contribution in [3.63, 3.8) is 0 Å². The first-order valence-electron chi connectivity index (χ1n) is 9.44. The largest absolute Gasteiger partial charge is 0.455 e. The maximum Gasteiger partial charge on any atom is 0.416 e. The number of fused-ring (bicyclic) bond motifs is 7. The molecule has 0 fully saturated rings. The van der Waals surface area contributed by atoms with E-state index in [1.54, 1.807) is 6.07 Å². The minimum absolute atomic E-state index is 0.445. The summed E-state index contributed by atoms with van der Waals surface area (Å²) in [6.07, 6.45) is -4.42. The second-order valence-electron chi connectivity index (χ2n) is 7.28. The third-order valence-corrected chi connectivity index (χ3v) is 5.49. The van der Waals surface area contributed by atoms with Crippen LogP contribution in [0, 0.1) is 0 Å². The molecule has 0 spiro atoms. The molecule has 0 bridgehead atoms. The molecule has 0 radical (unpaired) electrons. The van der Waals surface area contributed by atoms with E-state index in [0.717, 1.165) is 39.3 Å². The molecule has 6 rings (SSSR count). The van der Waals surface area contributed by atoms with E-state index in [1.807, 2.05) is 54.6 Å². The summed E-state index contributed by atoms with van der Waals surface area (Å²) in [7, 11) is 0. The lowest BCUT2D eigenvalue weighted by Crippen LogP contribution is -2.04. The second-order valence-corrected chi connectivity index (χ2v) is 7.28. The van der Waals surface area contributed by atoms with Crippen molar-refractivity contribution in [1.29, 1.82) is 0 Å². The summed E-state index contributed by atoms with van der Waals surface area (Å²) >= 11 is 0. The molecule has 0 saturated carbocycles. The minimum atomic E-state index is -4.42. The van der Waals surface area contributed by atoms with Crippen molar-refractivity contribution in [2.24, 2.45) is 0 Å². The van der Waals surface area contributed by atoms with Gasteiger partial charge in [0.25, 0.3) is 0 Å². The van der Waals surface area contributed by atoms with Crippen molar-refractivity contribution in [1.82, 2.24) is 0 Å². The number of alkyl halides is 3. The van der Waals surface area contributed by atoms with Gasteiger partial charge in [-0.2, -0.15) is 13.2 Å². The van der Waals surface area contributed by atoms with Gasteiger partial charge in [-0.15, -0.1) is 0 Å². The van der Waals surface area contributed by atoms with Crippen LogP contribution in [0.2, 0.25) is 0 Å². The summed E-state index contributed by atoms with van der Waals surface area (Å²) in [5.41, 5.74) is 2.93. The number of rotatable bonds is 1. The third-order valence-electron chi connectivity index (χ3n) is 5.49. The van der Waals surface area contributed by atoms with Crippen molar-refractivity contribution >= 4 is 43.9 Å². The number of para-hydroxylation sites is 2. The molecule has 0 aliphatic heterocycles. The molecule has 2 nitrogen and oxygen atoms in total. The molecule has 2 heterocycles. The Kier molecular flexibility index (Phi) is 3.37. The lowest BCUT2D eigenvalue weighted by molar-refractivity contribution is -0.137. The van der Waals surface area contributed by atoms with Gasteiger partial charge in [-0.05, 0) is 35.9 Å². The van der Waals surface area contributed by atoms with E-state index in [2.05, 4.69) is 0 Å². The maximum atomic E-state index is 13.3. The molecule has 0 amide bonds. The molecular formula is C25H13F3O2. The fourth-order valence-corrected chi connectivity index (χ4v) is 4.14. The van der Waals surface area contributed by atoms with Gasteiger partial charge in [-0.3, -0.25) is 0 Å². The standard InChI is InChI=1S/C25H13F3O2/c26-25(27,28)15-7-5-6-14(12-15)18-13-19-16-8-1-3-10-20(16)29-24(19)22-17-9-2-4-11-21(17)30-23(18)22/h1-13H. The summed E-state index contributed by atoms with van der Waals surface area (Å²) in [4.78, 5) is 0. The molecule has 0 saturated heterocycles. The Balaban J connectivity index is 1.81. The van der Waals surface area contributed by atoms with Gasteiger partial charge in [0.1, 0.15) is 22.3 Å². The van der Waals surface area contributed by atoms with Crippen LogP contribution < -0.4 is 0 Å². The van der Waals surface area contributed by atoms with Gasteiger partial charge in [0, 0.05) is 21.7 Å². The van der Waals surface area contributed by atoms with Crippen LogP contribution in [0.5, 0.6) is 0 Å². The normalized spacial score (nSPS) is 12.5. The molecule has 0 aliphatic rings. The molecule has 0 unspecified atom stereocenters. The third kappa shape index (κ3) is 2.38. The zero-order valence-electron chi connectivity index (χ0n) is 15.5. The lowest BCUT2D eigenvalue weighted by Gasteiger charge is -2.09. The summed E-state index contributed by atoms with van der Waals surface area (Å²) in [5, 5.41) is 3.39. The zero-order chi connectivity index (χ0) is 20.5. The van der Waals surface area contributed by atoms with E-state index in [1.165, 1.54) is 6.07 Å². The van der Waals surface area contributed by atoms with Crippen molar-refractivity contribution in [3.8, 4) is 11.1 Å². The van der Waals surface area contributed by atoms with Crippen LogP contribution in [0.4, 0.5) is 13.2 Å². The van der Waals surface area contributed by atoms with E-state index in [9.17, 15) is 13.2 Å². The quantitative estimate of drug-likeness (QED) is 0.277. The van der Waals surface area contributed by atoms with Crippen LogP contribution in [0.25, 0.3) is 55.0 Å². The predicted octanol–water partition coefficient (Wildman–Crippen LogP) is 8.17. The highest BCUT2D eigenvalue weighted by Gasteiger charge is 2.31. The summed E-state index contributed by atoms with van der Waals surface area (Å²) < 4.78 is 52.3. The molecule has 5 heteroatoms. The number of furan rings is 2. The van der Waals surface area contributed by atoms with E-state index >= 15 is 0 Å². The average molecular weight is 402 g/mol. The van der Waals surface area contributed by atoms with Gasteiger partial charge in [0.05, 0.1) is 10.9 Å². The first kappa shape index (κ1) is 17.2. The van der Waals surface area contributed by atoms with Gasteiger partial charge < -0.3 is 8.83 Å². The predicted molar refractivity (Wildman–Crippen MR) is 111 cm³/mol. The Morgan fingerprint density at radius 2 is 1.27 bits per heavy atom. The van der Waals surface area contributed by atoms with E-state index in [4.69, 9.17) is 8.83 Å². The van der Waals surface area contributed by atoms with Gasteiger partial charge in [-0.1, -0.05) is 48.5 Å². The molecule has 6 aromatic rings. The monoisotopic (exact) mass is 402 g/mol. The van der Waals surface area contributed by atoms with Crippen LogP contribution >= 0.6 is 0 Å². The summed E-state index contributed by atoms with van der Waals surface area (Å²) in [6, 6.07) is 22.4. The van der Waals surface area contributed by atoms with Gasteiger partial charge >= 0.3 is 6.18 Å². The maximum absolute atomic E-state index is 13.3. The van der Waals surface area contributed by atoms with E-state index < -0.39 is 11.7 Å². The fourth-order valence-electron chi connectivity index (χ4n) is 4.14. The Hall–Kier alpha value is -3.73. The summed E-state index contributed by atoms with van der Waals surface area (Å²) in [5.74, 6) is 0. The Morgan fingerprint density at radius 1 is 0.600 bits per heavy atom. The highest BCUT2D eigenvalue weighted by atomic mass is 19.4. The van der Waals surface area contributed by atoms with Crippen molar-refractivity contribution in [3.05, 3.63) is 84.4 Å². The highest BCUT2D eigenvalue weighted by molar-refractivity contribution is 6.25. The van der Waals surface area contributed by atoms with Crippen LogP contribution in [-0.4, -0.2) is 0 Å². The Labute approximate surface area is 168 Å². The van der Waals surface area contributed by atoms with Gasteiger partial charge in [-0.25, -0.2) is 0 Å². The second kappa shape index (κ2) is 5.89. The van der Waals surface area contributed by atoms with E-state index in [0.29, 0.717) is 27.9 Å². The first-order valence-corrected chi connectivity index (χ1v) is 9.44. The number of halogens is 3. The van der Waals surface area contributed by atoms with Crippen LogP contribution in [0.3, 0.4) is 0 Å². The van der Waals surface area contributed by atoms with Gasteiger partial charge in [0.2, 0.25) is 0 Å². The molecule has 2 aromatic heterocycles. The number of benzene rings is 4. The van der Waals surface area contributed by atoms with Crippen molar-refractivity contribution in [2.45, 2.75) is 6.18 Å². The zero-order valence-corrected chi connectivity index (χ0v) is 15.5. The highest BCUT2D eigenvalue weighted by Crippen LogP contribution is 2.44. The topological polar surface area (TPSA) is 26.3 Å². The van der Waals surface area contributed by atoms with Crippen LogP contribution in [0.1, 0.15) is 5.56 Å². The number of hydrogen-bond donors (Lipinski definition) is 0. The summed E-state index contributed by atoms with van der Waals surface area (Å²) in [6.45, 7) is 0. The molecule has 4 aromatic carbocycles. The SMILES string of the molecule is FC(F)(F)c1cccc(-c2cc3c4ccccc4oc3c3c2oc2ccccc23)c1. The van der Waals surface area contributed by atoms with E-state index in [-0.39, 0.29) is 0 Å². The molecule has 0 aliphatic carbocycles. The lowest BCUT2D eigenvalue weighted by atomic mass is 9.97. The Morgan fingerprint density at radius 3 is 2.03 bits per heavy atom. The molecule has 30 heavy (non-hydrogen) atoms. The smallest absolute Gasteiger partial charge is 0.416 e. The molecule has 0 atom stereocenters. The van der Waals surface area contributed by atoms with Crippen molar-refractivity contribution in [2.75, 3.05) is 0 Å². The number of hydrogen-bond acceptors (Lipinski definition) is 2. The first-order chi connectivity index (χ1) is 14.5. The van der Waals surface area contributed by atoms with Crippen LogP contribution in [0.15, 0.2) is 87.7 Å². The molecular weight excluding hydrogens is 389 g/mol. The molecule has 0 N–H and O–H groups in total. The van der Waals surface area contributed by atoms with Crippen molar-refractivity contribution < 1.29 is 22.0 Å².